The summed E-state index contributed by atoms with van der Waals surface area (Å²) in [7, 11) is 2.25. The van der Waals surface area contributed by atoms with Gasteiger partial charge in [-0.05, 0) is 36.7 Å². The van der Waals surface area contributed by atoms with Crippen LogP contribution in [0.5, 0.6) is 11.6 Å². The van der Waals surface area contributed by atoms with Gasteiger partial charge in [0.15, 0.2) is 11.9 Å². The number of likely N-dealkylation sites (tertiary alicyclic amines) is 2. The van der Waals surface area contributed by atoms with Gasteiger partial charge in [-0.25, -0.2) is 4.98 Å². The Bertz CT molecular complexity index is 762. The van der Waals surface area contributed by atoms with E-state index >= 15 is 0 Å². The topological polar surface area (TPSA) is 37.8 Å². The molecule has 25 heavy (non-hydrogen) atoms. The molecular formula is C20H23N3O2. The lowest BCUT2D eigenvalue weighted by Gasteiger charge is -2.32. The first-order chi connectivity index (χ1) is 12.3. The lowest BCUT2D eigenvalue weighted by atomic mass is 10.1. The number of benzene rings is 1. The van der Waals surface area contributed by atoms with Gasteiger partial charge in [0, 0.05) is 37.9 Å². The number of pyridine rings is 1. The second-order valence-electron chi connectivity index (χ2n) is 7.38. The fraction of sp³-hybridized carbons (Fsp3) is 0.450. The third kappa shape index (κ3) is 2.77. The third-order valence-corrected chi connectivity index (χ3v) is 5.75. The molecule has 0 aliphatic carbocycles. The van der Waals surface area contributed by atoms with Crippen LogP contribution in [-0.2, 0) is 6.54 Å². The van der Waals surface area contributed by atoms with Crippen molar-refractivity contribution in [2.75, 3.05) is 26.7 Å². The van der Waals surface area contributed by atoms with Gasteiger partial charge in [-0.3, -0.25) is 4.90 Å². The van der Waals surface area contributed by atoms with Crippen LogP contribution in [0, 0.1) is 0 Å². The number of piperazine rings is 1. The SMILES string of the molecule is CN1CC2CC1CN2Cc1ccc(C2COc3cccnc3O2)cc1. The Kier molecular flexibility index (Phi) is 3.64. The van der Waals surface area contributed by atoms with Gasteiger partial charge in [0.2, 0.25) is 0 Å². The number of rotatable bonds is 3. The van der Waals surface area contributed by atoms with Crippen molar-refractivity contribution < 1.29 is 9.47 Å². The van der Waals surface area contributed by atoms with E-state index in [9.17, 15) is 0 Å². The van der Waals surface area contributed by atoms with Gasteiger partial charge in [-0.15, -0.1) is 0 Å². The summed E-state index contributed by atoms with van der Waals surface area (Å²) in [6.07, 6.45) is 2.97. The first kappa shape index (κ1) is 15.2. The van der Waals surface area contributed by atoms with E-state index in [0.717, 1.165) is 29.9 Å². The largest absolute Gasteiger partial charge is 0.484 e. The Morgan fingerprint density at radius 3 is 2.76 bits per heavy atom. The average molecular weight is 337 g/mol. The molecule has 5 heteroatoms. The van der Waals surface area contributed by atoms with Crippen LogP contribution in [-0.4, -0.2) is 53.6 Å². The summed E-state index contributed by atoms with van der Waals surface area (Å²) in [6.45, 7) is 3.98. The molecule has 5 rings (SSSR count). The molecule has 3 aliphatic rings. The highest BCUT2D eigenvalue weighted by Gasteiger charge is 2.41. The second-order valence-corrected chi connectivity index (χ2v) is 7.38. The molecule has 0 N–H and O–H groups in total. The zero-order chi connectivity index (χ0) is 16.8. The van der Waals surface area contributed by atoms with Crippen molar-refractivity contribution >= 4 is 0 Å². The van der Waals surface area contributed by atoms with Crippen LogP contribution in [0.2, 0.25) is 0 Å². The van der Waals surface area contributed by atoms with Gasteiger partial charge >= 0.3 is 0 Å². The molecule has 5 nitrogen and oxygen atoms in total. The molecule has 3 atom stereocenters. The van der Waals surface area contributed by atoms with Crippen LogP contribution < -0.4 is 9.47 Å². The van der Waals surface area contributed by atoms with E-state index in [0.29, 0.717) is 12.5 Å². The van der Waals surface area contributed by atoms with E-state index in [1.54, 1.807) is 6.20 Å². The number of aromatic nitrogens is 1. The molecule has 2 fully saturated rings. The van der Waals surface area contributed by atoms with Gasteiger partial charge < -0.3 is 14.4 Å². The standard InChI is InChI=1S/C20H23N3O2/c1-22-11-17-9-16(22)12-23(17)10-14-4-6-15(7-5-14)19-13-24-18-3-2-8-21-20(18)25-19/h2-8,16-17,19H,9-13H2,1H3. The van der Waals surface area contributed by atoms with Crippen LogP contribution >= 0.6 is 0 Å². The first-order valence-corrected chi connectivity index (χ1v) is 9.04. The smallest absolute Gasteiger partial charge is 0.257 e. The number of hydrogen-bond donors (Lipinski definition) is 0. The quantitative estimate of drug-likeness (QED) is 0.860. The first-order valence-electron chi connectivity index (χ1n) is 9.04. The molecule has 130 valence electrons. The number of likely N-dealkylation sites (N-methyl/N-ethyl adjacent to an activating group) is 1. The van der Waals surface area contributed by atoms with Crippen molar-refractivity contribution in [1.82, 2.24) is 14.8 Å². The number of fused-ring (bicyclic) bond motifs is 3. The fourth-order valence-corrected chi connectivity index (χ4v) is 4.29. The minimum Gasteiger partial charge on any atom is -0.484 e. The molecule has 4 heterocycles. The second kappa shape index (κ2) is 6.00. The lowest BCUT2D eigenvalue weighted by molar-refractivity contribution is 0.0850. The monoisotopic (exact) mass is 337 g/mol. The number of nitrogens with zero attached hydrogens (tertiary/aromatic N) is 3. The van der Waals surface area contributed by atoms with Crippen molar-refractivity contribution in [1.29, 1.82) is 0 Å². The molecule has 2 aromatic rings. The summed E-state index contributed by atoms with van der Waals surface area (Å²) in [6, 6.07) is 14.0. The summed E-state index contributed by atoms with van der Waals surface area (Å²) in [5.74, 6) is 1.31. The minimum atomic E-state index is -0.0899. The van der Waals surface area contributed by atoms with E-state index in [1.165, 1.54) is 25.1 Å². The summed E-state index contributed by atoms with van der Waals surface area (Å²) < 4.78 is 11.8. The molecule has 0 amide bonds. The molecule has 3 aliphatic heterocycles. The molecule has 0 spiro atoms. The van der Waals surface area contributed by atoms with Crippen molar-refractivity contribution in [3.05, 3.63) is 53.7 Å². The highest BCUT2D eigenvalue weighted by molar-refractivity contribution is 5.36. The lowest BCUT2D eigenvalue weighted by Crippen LogP contribution is -2.43. The summed E-state index contributed by atoms with van der Waals surface area (Å²) >= 11 is 0. The average Bonchev–Trinajstić information content (AvgIpc) is 3.21. The fourth-order valence-electron chi connectivity index (χ4n) is 4.29. The Labute approximate surface area is 148 Å². The molecule has 2 bridgehead atoms. The summed E-state index contributed by atoms with van der Waals surface area (Å²) in [4.78, 5) is 9.37. The summed E-state index contributed by atoms with van der Waals surface area (Å²) in [5, 5.41) is 0. The van der Waals surface area contributed by atoms with Gasteiger partial charge in [0.05, 0.1) is 0 Å². The van der Waals surface area contributed by atoms with Crippen molar-refractivity contribution in [3.63, 3.8) is 0 Å². The predicted octanol–water partition coefficient (Wildman–Crippen LogP) is 2.48. The summed E-state index contributed by atoms with van der Waals surface area (Å²) in [5.41, 5.74) is 2.51. The number of ether oxygens (including phenoxy) is 2. The van der Waals surface area contributed by atoms with Crippen molar-refractivity contribution in [2.45, 2.75) is 31.2 Å². The van der Waals surface area contributed by atoms with Crippen LogP contribution in [0.3, 0.4) is 0 Å². The van der Waals surface area contributed by atoms with Crippen LogP contribution in [0.4, 0.5) is 0 Å². The van der Waals surface area contributed by atoms with Crippen molar-refractivity contribution in [3.8, 4) is 11.6 Å². The molecule has 0 radical (unpaired) electrons. The highest BCUT2D eigenvalue weighted by Crippen LogP contribution is 2.34. The van der Waals surface area contributed by atoms with Crippen LogP contribution in [0.1, 0.15) is 23.7 Å². The normalized spacial score (nSPS) is 28.4. The minimum absolute atomic E-state index is 0.0899. The van der Waals surface area contributed by atoms with E-state index in [2.05, 4.69) is 46.1 Å². The van der Waals surface area contributed by atoms with E-state index in [-0.39, 0.29) is 6.10 Å². The van der Waals surface area contributed by atoms with Gasteiger partial charge in [-0.2, -0.15) is 0 Å². The maximum Gasteiger partial charge on any atom is 0.257 e. The maximum atomic E-state index is 5.99. The van der Waals surface area contributed by atoms with Gasteiger partial charge in [0.1, 0.15) is 6.61 Å². The Morgan fingerprint density at radius 2 is 2.00 bits per heavy atom. The zero-order valence-electron chi connectivity index (χ0n) is 14.5. The van der Waals surface area contributed by atoms with Crippen LogP contribution in [0.15, 0.2) is 42.6 Å². The molecule has 1 aromatic heterocycles. The zero-order valence-corrected chi connectivity index (χ0v) is 14.5. The highest BCUT2D eigenvalue weighted by atomic mass is 16.6. The van der Waals surface area contributed by atoms with E-state index < -0.39 is 0 Å². The molecule has 1 aromatic carbocycles. The predicted molar refractivity (Wildman–Crippen MR) is 94.8 cm³/mol. The molecule has 0 saturated carbocycles. The van der Waals surface area contributed by atoms with Crippen molar-refractivity contribution in [2.24, 2.45) is 0 Å². The Balaban J connectivity index is 1.25. The maximum absolute atomic E-state index is 5.99. The number of hydrogen-bond acceptors (Lipinski definition) is 5. The van der Waals surface area contributed by atoms with Crippen LogP contribution in [0.25, 0.3) is 0 Å². The van der Waals surface area contributed by atoms with Gasteiger partial charge in [-0.1, -0.05) is 24.3 Å². The Morgan fingerprint density at radius 1 is 1.12 bits per heavy atom. The molecular weight excluding hydrogens is 314 g/mol. The Hall–Kier alpha value is -2.11. The molecule has 2 saturated heterocycles. The third-order valence-electron chi connectivity index (χ3n) is 5.75. The molecule has 3 unspecified atom stereocenters. The van der Waals surface area contributed by atoms with E-state index in [1.807, 2.05) is 12.1 Å². The van der Waals surface area contributed by atoms with Gasteiger partial charge in [0.25, 0.3) is 5.88 Å². The van der Waals surface area contributed by atoms with E-state index in [4.69, 9.17) is 9.47 Å².